The number of fused-ring (bicyclic) bond motifs is 12. The molecule has 3 aliphatic heterocycles. The minimum Gasteiger partial charge on any atom is -0.456 e. The molecule has 10 nitrogen and oxygen atoms in total. The van der Waals surface area contributed by atoms with Gasteiger partial charge in [0, 0.05) is 59.9 Å². The van der Waals surface area contributed by atoms with E-state index in [1.54, 1.807) is 0 Å². The summed E-state index contributed by atoms with van der Waals surface area (Å²) in [6.07, 6.45) is 0. The second-order valence-electron chi connectivity index (χ2n) is 24.5. The first-order valence-electron chi connectivity index (χ1n) is 27.6. The second-order valence-corrected chi connectivity index (χ2v) is 25.3. The molecule has 0 radical (unpaired) electrons. The third-order valence-corrected chi connectivity index (χ3v) is 18.5. The van der Waals surface area contributed by atoms with Gasteiger partial charge in [-0.05, 0) is 166 Å². The normalized spacial score (nSPS) is 18.8. The summed E-state index contributed by atoms with van der Waals surface area (Å²) in [6.45, 7) is 24.5. The molecule has 8 aromatic carbocycles. The smallest absolute Gasteiger partial charge is 0.456 e. The fourth-order valence-electron chi connectivity index (χ4n) is 11.4. The fraction of sp³-hybridized carbons (Fsp3) is 0.273. The molecule has 7 heterocycles. The Morgan fingerprint density at radius 2 is 0.650 bits per heavy atom. The highest BCUT2D eigenvalue weighted by molar-refractivity contribution is 9.10. The molecule has 0 atom stereocenters. The largest absolute Gasteiger partial charge is 0.498 e. The van der Waals surface area contributed by atoms with Crippen molar-refractivity contribution in [3.05, 3.63) is 174 Å². The lowest BCUT2D eigenvalue weighted by atomic mass is 9.49. The van der Waals surface area contributed by atoms with Gasteiger partial charge < -0.3 is 45.9 Å². The molecule has 0 N–H and O–H groups in total. The van der Waals surface area contributed by atoms with Gasteiger partial charge in [-0.2, -0.15) is 0 Å². The van der Waals surface area contributed by atoms with E-state index in [0.717, 1.165) is 65.2 Å². The SMILES string of the molecule is Brc1cccc2c1oc1ccc(-n3c4ccccc4c4ccccc43)cc12.CC1(C)OB(B2OC(C)(C)C(C)(C)O2)OC1(C)C.CC1(C)OB(c2cccc3c2oc2ccc(-n4c5ccccc5c5ccccc54)cc23)OC1(C)C. The van der Waals surface area contributed by atoms with Crippen molar-refractivity contribution >= 4 is 130 Å². The summed E-state index contributed by atoms with van der Waals surface area (Å²) in [7, 11) is -1.42. The molecule has 3 aliphatic rings. The predicted octanol–water partition coefficient (Wildman–Crippen LogP) is 16.7. The van der Waals surface area contributed by atoms with Gasteiger partial charge in [0.25, 0.3) is 0 Å². The zero-order valence-electron chi connectivity index (χ0n) is 47.4. The van der Waals surface area contributed by atoms with E-state index in [-0.39, 0.29) is 22.4 Å². The molecule has 3 fully saturated rings. The first kappa shape index (κ1) is 52.7. The van der Waals surface area contributed by atoms with Gasteiger partial charge in [0.05, 0.1) is 60.1 Å². The van der Waals surface area contributed by atoms with Crippen LogP contribution in [0.2, 0.25) is 0 Å². The third kappa shape index (κ3) is 8.47. The minimum absolute atomic E-state index is 0.360. The molecule has 0 unspecified atom stereocenters. The molecular formula is C66H64B3BrN2O8. The highest BCUT2D eigenvalue weighted by Crippen LogP contribution is 2.44. The van der Waals surface area contributed by atoms with Gasteiger partial charge in [0.1, 0.15) is 22.3 Å². The van der Waals surface area contributed by atoms with Crippen LogP contribution in [0.25, 0.3) is 98.9 Å². The number of rotatable bonds is 4. The summed E-state index contributed by atoms with van der Waals surface area (Å²) in [5.41, 5.74) is 9.21. The van der Waals surface area contributed by atoms with Crippen molar-refractivity contribution in [2.45, 2.75) is 117 Å². The molecule has 80 heavy (non-hydrogen) atoms. The Balaban J connectivity index is 0.000000120. The van der Waals surface area contributed by atoms with Crippen LogP contribution in [0.5, 0.6) is 0 Å². The maximum Gasteiger partial charge on any atom is 0.498 e. The highest BCUT2D eigenvalue weighted by atomic mass is 79.9. The lowest BCUT2D eigenvalue weighted by molar-refractivity contribution is 0.00578. The van der Waals surface area contributed by atoms with E-state index in [2.05, 4.69) is 210 Å². The molecule has 4 aromatic heterocycles. The molecule has 0 bridgehead atoms. The van der Waals surface area contributed by atoms with Crippen molar-refractivity contribution in [3.63, 3.8) is 0 Å². The van der Waals surface area contributed by atoms with Gasteiger partial charge in [-0.15, -0.1) is 0 Å². The van der Waals surface area contributed by atoms with E-state index in [0.29, 0.717) is 0 Å². The first-order chi connectivity index (χ1) is 38.0. The Kier molecular flexibility index (Phi) is 12.3. The summed E-state index contributed by atoms with van der Waals surface area (Å²) in [5, 5.41) is 9.45. The maximum atomic E-state index is 6.41. The standard InChI is InChI=1S/C30H26BNO3.C24H14BrNO.C12H24B2O4/c1-29(2)30(3,4)35-31(34-29)24-13-9-12-22-23-18-19(16-17-27(23)33-28(22)24)32-25-14-7-5-10-20(25)21-11-6-8-15-26(21)32;25-20-9-5-8-18-19-14-15(12-13-23(19)27-24(18)20)26-21-10-3-1-6-16(21)17-7-2-4-11-22(17)26;1-9(2)10(3,4)16-13(15-9)14-17-11(5,6)12(7,8)18-14/h5-18H,1-4H3;1-14H;1-8H3. The molecule has 0 spiro atoms. The van der Waals surface area contributed by atoms with Crippen LogP contribution in [0.3, 0.4) is 0 Å². The van der Waals surface area contributed by atoms with Crippen LogP contribution >= 0.6 is 15.9 Å². The van der Waals surface area contributed by atoms with E-state index >= 15 is 0 Å². The summed E-state index contributed by atoms with van der Waals surface area (Å²) < 4.78 is 54.7. The highest BCUT2D eigenvalue weighted by Gasteiger charge is 2.64. The maximum absolute atomic E-state index is 6.41. The second kappa shape index (κ2) is 18.7. The minimum atomic E-state index is -0.476. The summed E-state index contributed by atoms with van der Waals surface area (Å²) in [6, 6.07) is 59.6. The average Bonchev–Trinajstić information content (AvgIpc) is 4.29. The van der Waals surface area contributed by atoms with Crippen molar-refractivity contribution < 1.29 is 36.8 Å². The van der Waals surface area contributed by atoms with Gasteiger partial charge in [-0.3, -0.25) is 0 Å². The van der Waals surface area contributed by atoms with Crippen LogP contribution in [0, 0.1) is 0 Å². The summed E-state index contributed by atoms with van der Waals surface area (Å²) in [5.74, 6) is 0. The molecule has 0 saturated carbocycles. The van der Waals surface area contributed by atoms with Crippen molar-refractivity contribution in [2.24, 2.45) is 0 Å². The first-order valence-corrected chi connectivity index (χ1v) is 28.4. The average molecular weight is 1130 g/mol. The summed E-state index contributed by atoms with van der Waals surface area (Å²) in [4.78, 5) is 0. The van der Waals surface area contributed by atoms with Gasteiger partial charge in [0.2, 0.25) is 0 Å². The molecule has 0 amide bonds. The Morgan fingerprint density at radius 1 is 0.325 bits per heavy atom. The predicted molar refractivity (Wildman–Crippen MR) is 332 cm³/mol. The molecule has 14 heteroatoms. The molecule has 0 aliphatic carbocycles. The van der Waals surface area contributed by atoms with Crippen LogP contribution in [-0.2, 0) is 27.9 Å². The number of benzene rings is 8. The lowest BCUT2D eigenvalue weighted by Crippen LogP contribution is -2.41. The van der Waals surface area contributed by atoms with E-state index in [1.807, 2.05) is 67.5 Å². The Hall–Kier alpha value is -6.61. The van der Waals surface area contributed by atoms with Crippen LogP contribution in [-0.4, -0.2) is 63.9 Å². The topological polar surface area (TPSA) is 91.5 Å². The Morgan fingerprint density at radius 3 is 1.05 bits per heavy atom. The van der Waals surface area contributed by atoms with E-state index in [9.17, 15) is 0 Å². The van der Waals surface area contributed by atoms with Crippen LogP contribution in [0.15, 0.2) is 183 Å². The van der Waals surface area contributed by atoms with Crippen molar-refractivity contribution in [1.29, 1.82) is 0 Å². The van der Waals surface area contributed by atoms with Gasteiger partial charge in [-0.25, -0.2) is 0 Å². The number of para-hydroxylation sites is 6. The Bertz CT molecular complexity index is 4230. The number of aromatic nitrogens is 2. The number of furan rings is 2. The monoisotopic (exact) mass is 1120 g/mol. The molecular weight excluding hydrogens is 1060 g/mol. The van der Waals surface area contributed by atoms with E-state index in [1.165, 1.54) is 43.6 Å². The zero-order valence-corrected chi connectivity index (χ0v) is 49.0. The lowest BCUT2D eigenvalue weighted by Gasteiger charge is -2.32. The number of nitrogens with zero attached hydrogens (tertiary/aromatic N) is 2. The molecule has 3 saturated heterocycles. The fourth-order valence-corrected chi connectivity index (χ4v) is 11.8. The van der Waals surface area contributed by atoms with Crippen LogP contribution in [0.1, 0.15) is 83.1 Å². The zero-order chi connectivity index (χ0) is 55.9. The van der Waals surface area contributed by atoms with E-state index in [4.69, 9.17) is 36.8 Å². The third-order valence-electron chi connectivity index (χ3n) is 17.9. The quantitative estimate of drug-likeness (QED) is 0.161. The Labute approximate surface area is 475 Å². The molecule has 12 aromatic rings. The number of hydrogen-bond donors (Lipinski definition) is 0. The van der Waals surface area contributed by atoms with E-state index < -0.39 is 32.3 Å². The summed E-state index contributed by atoms with van der Waals surface area (Å²) >= 11 is 3.60. The van der Waals surface area contributed by atoms with Crippen molar-refractivity contribution in [3.8, 4) is 11.4 Å². The van der Waals surface area contributed by atoms with Gasteiger partial charge >= 0.3 is 21.1 Å². The van der Waals surface area contributed by atoms with Crippen molar-refractivity contribution in [1.82, 2.24) is 9.13 Å². The van der Waals surface area contributed by atoms with Crippen LogP contribution < -0.4 is 5.46 Å². The number of halogens is 1. The van der Waals surface area contributed by atoms with Crippen molar-refractivity contribution in [2.75, 3.05) is 0 Å². The van der Waals surface area contributed by atoms with Gasteiger partial charge in [-0.1, -0.05) is 103 Å². The molecule has 402 valence electrons. The molecule has 15 rings (SSSR count). The van der Waals surface area contributed by atoms with Gasteiger partial charge in [0.15, 0.2) is 0 Å². The van der Waals surface area contributed by atoms with Crippen LogP contribution in [0.4, 0.5) is 0 Å². The number of hydrogen-bond acceptors (Lipinski definition) is 8.